The average molecular weight is 226 g/mol. The van der Waals surface area contributed by atoms with E-state index < -0.39 is 11.9 Å². The quantitative estimate of drug-likeness (QED) is 0.409. The number of hydrogen-bond donors (Lipinski definition) is 1. The van der Waals surface area contributed by atoms with Crippen LogP contribution in [-0.4, -0.2) is 40.0 Å². The van der Waals surface area contributed by atoms with Gasteiger partial charge in [0.2, 0.25) is 0 Å². The molecule has 0 spiro atoms. The van der Waals surface area contributed by atoms with Crippen LogP contribution in [0.2, 0.25) is 0 Å². The first-order valence-electron chi connectivity index (χ1n) is 5.03. The number of nitrogens with zero attached hydrogens (tertiary/aromatic N) is 3. The van der Waals surface area contributed by atoms with E-state index in [-0.39, 0.29) is 6.61 Å². The highest BCUT2D eigenvalue weighted by Gasteiger charge is 2.12. The summed E-state index contributed by atoms with van der Waals surface area (Å²) in [6, 6.07) is 0. The fourth-order valence-electron chi connectivity index (χ4n) is 1.06. The van der Waals surface area contributed by atoms with Crippen molar-refractivity contribution in [2.24, 2.45) is 0 Å². The molecule has 0 fully saturated rings. The minimum atomic E-state index is -0.844. The van der Waals surface area contributed by atoms with Crippen LogP contribution in [0.4, 0.5) is 0 Å². The van der Waals surface area contributed by atoms with E-state index in [4.69, 9.17) is 0 Å². The zero-order valence-electron chi connectivity index (χ0n) is 9.05. The molecule has 1 aromatic rings. The predicted molar refractivity (Wildman–Crippen MR) is 54.3 cm³/mol. The molecule has 0 atom stereocenters. The van der Waals surface area contributed by atoms with Crippen LogP contribution in [0.5, 0.6) is 0 Å². The Balaban J connectivity index is 2.11. The van der Waals surface area contributed by atoms with Gasteiger partial charge in [0.15, 0.2) is 0 Å². The van der Waals surface area contributed by atoms with Gasteiger partial charge in [-0.25, -0.2) is 4.79 Å². The van der Waals surface area contributed by atoms with Crippen molar-refractivity contribution in [1.82, 2.24) is 20.3 Å². The Bertz CT molecular complexity index is 337. The third-order valence-electron chi connectivity index (χ3n) is 1.78. The number of esters is 1. The lowest BCUT2D eigenvalue weighted by atomic mass is 10.4. The first-order valence-corrected chi connectivity index (χ1v) is 5.03. The van der Waals surface area contributed by atoms with Crippen LogP contribution in [0.15, 0.2) is 12.4 Å². The highest BCUT2D eigenvalue weighted by atomic mass is 16.5. The molecule has 7 heteroatoms. The van der Waals surface area contributed by atoms with E-state index in [0.29, 0.717) is 19.5 Å². The molecule has 0 radical (unpaired) electrons. The molecule has 0 unspecified atom stereocenters. The Kier molecular flexibility index (Phi) is 4.97. The van der Waals surface area contributed by atoms with E-state index in [1.165, 1.54) is 0 Å². The van der Waals surface area contributed by atoms with Crippen molar-refractivity contribution in [3.8, 4) is 0 Å². The highest BCUT2D eigenvalue weighted by molar-refractivity contribution is 6.32. The SMILES string of the molecule is CCOC(=O)C(=O)NCCCn1ccnn1. The molecule has 7 nitrogen and oxygen atoms in total. The maximum absolute atomic E-state index is 11.1. The topological polar surface area (TPSA) is 86.1 Å². The molecule has 0 aliphatic carbocycles. The van der Waals surface area contributed by atoms with Crippen LogP contribution in [0.3, 0.4) is 0 Å². The van der Waals surface area contributed by atoms with Gasteiger partial charge in [0.1, 0.15) is 0 Å². The normalized spacial score (nSPS) is 9.81. The van der Waals surface area contributed by atoms with Crippen LogP contribution in [0.1, 0.15) is 13.3 Å². The highest BCUT2D eigenvalue weighted by Crippen LogP contribution is 1.86. The molecular formula is C9H14N4O3. The number of amides is 1. The number of carbonyl (C=O) groups is 2. The van der Waals surface area contributed by atoms with Gasteiger partial charge in [-0.1, -0.05) is 5.21 Å². The maximum atomic E-state index is 11.1. The summed E-state index contributed by atoms with van der Waals surface area (Å²) in [6.45, 7) is 2.89. The second kappa shape index (κ2) is 6.54. The van der Waals surface area contributed by atoms with Gasteiger partial charge in [0.25, 0.3) is 0 Å². The van der Waals surface area contributed by atoms with Crippen molar-refractivity contribution in [3.63, 3.8) is 0 Å². The van der Waals surface area contributed by atoms with Gasteiger partial charge < -0.3 is 10.1 Å². The molecule has 0 aliphatic rings. The largest absolute Gasteiger partial charge is 0.459 e. The molecule has 0 aliphatic heterocycles. The molecule has 1 N–H and O–H groups in total. The fraction of sp³-hybridized carbons (Fsp3) is 0.556. The summed E-state index contributed by atoms with van der Waals surface area (Å²) in [5.41, 5.74) is 0. The van der Waals surface area contributed by atoms with Gasteiger partial charge in [0, 0.05) is 19.3 Å². The number of nitrogens with one attached hydrogen (secondary N) is 1. The molecule has 1 heterocycles. The summed E-state index contributed by atoms with van der Waals surface area (Å²) >= 11 is 0. The number of ether oxygens (including phenoxy) is 1. The zero-order chi connectivity index (χ0) is 11.8. The van der Waals surface area contributed by atoms with E-state index >= 15 is 0 Å². The number of aryl methyl sites for hydroxylation is 1. The molecule has 0 saturated heterocycles. The minimum absolute atomic E-state index is 0.200. The van der Waals surface area contributed by atoms with Crippen LogP contribution in [-0.2, 0) is 20.9 Å². The molecule has 0 bridgehead atoms. The summed E-state index contributed by atoms with van der Waals surface area (Å²) in [5, 5.41) is 9.85. The number of carbonyl (C=O) groups excluding carboxylic acids is 2. The van der Waals surface area contributed by atoms with Gasteiger partial charge in [0.05, 0.1) is 12.8 Å². The summed E-state index contributed by atoms with van der Waals surface area (Å²) in [6.07, 6.45) is 3.98. The van der Waals surface area contributed by atoms with Crippen molar-refractivity contribution < 1.29 is 14.3 Å². The Morgan fingerprint density at radius 2 is 2.31 bits per heavy atom. The zero-order valence-corrected chi connectivity index (χ0v) is 9.05. The lowest BCUT2D eigenvalue weighted by Crippen LogP contribution is -2.33. The third-order valence-corrected chi connectivity index (χ3v) is 1.78. The molecule has 1 aromatic heterocycles. The molecule has 0 aromatic carbocycles. The van der Waals surface area contributed by atoms with E-state index in [0.717, 1.165) is 0 Å². The lowest BCUT2D eigenvalue weighted by molar-refractivity contribution is -0.154. The Morgan fingerprint density at radius 3 is 2.94 bits per heavy atom. The van der Waals surface area contributed by atoms with Crippen LogP contribution in [0, 0.1) is 0 Å². The first kappa shape index (κ1) is 12.2. The lowest BCUT2D eigenvalue weighted by Gasteiger charge is -2.04. The van der Waals surface area contributed by atoms with Gasteiger partial charge in [-0.15, -0.1) is 5.10 Å². The molecular weight excluding hydrogens is 212 g/mol. The third kappa shape index (κ3) is 4.07. The monoisotopic (exact) mass is 226 g/mol. The van der Waals surface area contributed by atoms with Gasteiger partial charge in [-0.05, 0) is 13.3 Å². The van der Waals surface area contributed by atoms with Crippen molar-refractivity contribution in [2.75, 3.05) is 13.2 Å². The van der Waals surface area contributed by atoms with Gasteiger partial charge in [-0.2, -0.15) is 0 Å². The standard InChI is InChI=1S/C9H14N4O3/c1-2-16-9(15)8(14)10-4-3-6-13-7-5-11-12-13/h5,7H,2-4,6H2,1H3,(H,10,14). The second-order valence-electron chi connectivity index (χ2n) is 3.00. The average Bonchev–Trinajstić information content (AvgIpc) is 2.77. The van der Waals surface area contributed by atoms with Crippen molar-refractivity contribution >= 4 is 11.9 Å². The van der Waals surface area contributed by atoms with E-state index in [2.05, 4.69) is 20.4 Å². The van der Waals surface area contributed by atoms with Crippen molar-refractivity contribution in [2.45, 2.75) is 19.9 Å². The van der Waals surface area contributed by atoms with Gasteiger partial charge in [-0.3, -0.25) is 9.48 Å². The van der Waals surface area contributed by atoms with E-state index in [9.17, 15) is 9.59 Å². The fourth-order valence-corrected chi connectivity index (χ4v) is 1.06. The number of hydrogen-bond acceptors (Lipinski definition) is 5. The maximum Gasteiger partial charge on any atom is 0.396 e. The molecule has 16 heavy (non-hydrogen) atoms. The second-order valence-corrected chi connectivity index (χ2v) is 3.00. The molecule has 1 rings (SSSR count). The summed E-state index contributed by atoms with van der Waals surface area (Å²) in [4.78, 5) is 22.0. The molecule has 1 amide bonds. The molecule has 88 valence electrons. The van der Waals surface area contributed by atoms with Crippen molar-refractivity contribution in [1.29, 1.82) is 0 Å². The van der Waals surface area contributed by atoms with Crippen molar-refractivity contribution in [3.05, 3.63) is 12.4 Å². The summed E-state index contributed by atoms with van der Waals surface area (Å²) < 4.78 is 6.18. The molecule has 0 saturated carbocycles. The first-order chi connectivity index (χ1) is 7.74. The van der Waals surface area contributed by atoms with E-state index in [1.54, 1.807) is 24.0 Å². The Morgan fingerprint density at radius 1 is 1.50 bits per heavy atom. The smallest absolute Gasteiger partial charge is 0.396 e. The summed E-state index contributed by atoms with van der Waals surface area (Å²) in [5.74, 6) is -1.55. The number of rotatable bonds is 5. The Labute approximate surface area is 92.8 Å². The van der Waals surface area contributed by atoms with Crippen LogP contribution in [0.25, 0.3) is 0 Å². The van der Waals surface area contributed by atoms with Crippen LogP contribution >= 0.6 is 0 Å². The van der Waals surface area contributed by atoms with Gasteiger partial charge >= 0.3 is 11.9 Å². The number of aromatic nitrogens is 3. The Hall–Kier alpha value is -1.92. The predicted octanol–water partition coefficient (Wildman–Crippen LogP) is -0.653. The summed E-state index contributed by atoms with van der Waals surface area (Å²) in [7, 11) is 0. The van der Waals surface area contributed by atoms with Crippen LogP contribution < -0.4 is 5.32 Å². The van der Waals surface area contributed by atoms with E-state index in [1.807, 2.05) is 0 Å². The minimum Gasteiger partial charge on any atom is -0.459 e.